The van der Waals surface area contributed by atoms with E-state index in [4.69, 9.17) is 0 Å². The van der Waals surface area contributed by atoms with Crippen LogP contribution in [0.25, 0.3) is 11.3 Å². The molecule has 0 bridgehead atoms. The highest BCUT2D eigenvalue weighted by Crippen LogP contribution is 2.24. The number of rotatable bonds is 6. The molecule has 160 valence electrons. The van der Waals surface area contributed by atoms with Gasteiger partial charge in [-0.25, -0.2) is 4.39 Å². The molecule has 1 N–H and O–H groups in total. The van der Waals surface area contributed by atoms with Gasteiger partial charge in [0.15, 0.2) is 5.82 Å². The molecule has 7 heteroatoms. The summed E-state index contributed by atoms with van der Waals surface area (Å²) in [4.78, 5) is 15.5. The second-order valence-electron chi connectivity index (χ2n) is 7.55. The number of carbonyl (C=O) groups is 1. The highest BCUT2D eigenvalue weighted by Gasteiger charge is 2.12. The Hall–Kier alpha value is -2.93. The lowest BCUT2D eigenvalue weighted by molar-refractivity contribution is -0.113. The van der Waals surface area contributed by atoms with E-state index in [-0.39, 0.29) is 17.5 Å². The summed E-state index contributed by atoms with van der Waals surface area (Å²) in [6.45, 7) is 2.07. The molecule has 1 fully saturated rings. The van der Waals surface area contributed by atoms with Gasteiger partial charge in [-0.3, -0.25) is 4.79 Å². The molecule has 2 heterocycles. The van der Waals surface area contributed by atoms with Crippen molar-refractivity contribution in [2.75, 3.05) is 29.1 Å². The van der Waals surface area contributed by atoms with Crippen LogP contribution in [0.15, 0.2) is 65.6 Å². The first kappa shape index (κ1) is 21.3. The molecule has 1 amide bonds. The van der Waals surface area contributed by atoms with Crippen molar-refractivity contribution in [3.8, 4) is 11.3 Å². The SMILES string of the molecule is O=C(CSc1ccc(F)cc1)Nc1cccc(-c2ccc(N3CCCCCC3)nn2)c1. The summed E-state index contributed by atoms with van der Waals surface area (Å²) in [7, 11) is 0. The molecular weight excluding hydrogens is 411 g/mol. The van der Waals surface area contributed by atoms with Gasteiger partial charge >= 0.3 is 0 Å². The van der Waals surface area contributed by atoms with Crippen molar-refractivity contribution >= 4 is 29.2 Å². The van der Waals surface area contributed by atoms with Gasteiger partial charge < -0.3 is 10.2 Å². The van der Waals surface area contributed by atoms with Gasteiger partial charge in [0.25, 0.3) is 0 Å². The van der Waals surface area contributed by atoms with Crippen molar-refractivity contribution in [2.24, 2.45) is 0 Å². The smallest absolute Gasteiger partial charge is 0.234 e. The summed E-state index contributed by atoms with van der Waals surface area (Å²) in [5.41, 5.74) is 2.38. The summed E-state index contributed by atoms with van der Waals surface area (Å²) in [5.74, 6) is 0.774. The fraction of sp³-hybridized carbons (Fsp3) is 0.292. The summed E-state index contributed by atoms with van der Waals surface area (Å²) in [5, 5.41) is 11.8. The Labute approximate surface area is 186 Å². The Morgan fingerprint density at radius 1 is 0.968 bits per heavy atom. The summed E-state index contributed by atoms with van der Waals surface area (Å²) < 4.78 is 13.0. The number of hydrogen-bond acceptors (Lipinski definition) is 5. The molecule has 1 aliphatic rings. The molecule has 0 spiro atoms. The molecule has 4 rings (SSSR count). The van der Waals surface area contributed by atoms with Crippen LogP contribution >= 0.6 is 11.8 Å². The highest BCUT2D eigenvalue weighted by molar-refractivity contribution is 8.00. The molecule has 1 aliphatic heterocycles. The number of nitrogens with zero attached hydrogens (tertiary/aromatic N) is 3. The average molecular weight is 437 g/mol. The fourth-order valence-corrected chi connectivity index (χ4v) is 4.28. The Morgan fingerprint density at radius 2 is 1.74 bits per heavy atom. The Balaban J connectivity index is 1.37. The zero-order chi connectivity index (χ0) is 21.5. The molecule has 0 saturated carbocycles. The predicted octanol–water partition coefficient (Wildman–Crippen LogP) is 5.39. The molecule has 0 radical (unpaired) electrons. The van der Waals surface area contributed by atoms with E-state index in [1.807, 2.05) is 36.4 Å². The van der Waals surface area contributed by atoms with E-state index >= 15 is 0 Å². The van der Waals surface area contributed by atoms with Crippen molar-refractivity contribution in [1.82, 2.24) is 10.2 Å². The molecular formula is C24H25FN4OS. The number of aromatic nitrogens is 2. The van der Waals surface area contributed by atoms with Crippen LogP contribution in [0.3, 0.4) is 0 Å². The van der Waals surface area contributed by atoms with Crippen LogP contribution < -0.4 is 10.2 Å². The Kier molecular flexibility index (Phi) is 7.14. The number of anilines is 2. The van der Waals surface area contributed by atoms with Gasteiger partial charge in [-0.15, -0.1) is 22.0 Å². The van der Waals surface area contributed by atoms with Crippen molar-refractivity contribution in [3.63, 3.8) is 0 Å². The van der Waals surface area contributed by atoms with E-state index in [0.717, 1.165) is 35.1 Å². The minimum atomic E-state index is -0.284. The van der Waals surface area contributed by atoms with Crippen LogP contribution in [0.2, 0.25) is 0 Å². The van der Waals surface area contributed by atoms with E-state index < -0.39 is 0 Å². The Morgan fingerprint density at radius 3 is 2.45 bits per heavy atom. The largest absolute Gasteiger partial charge is 0.355 e. The van der Waals surface area contributed by atoms with Crippen molar-refractivity contribution < 1.29 is 9.18 Å². The number of thioether (sulfide) groups is 1. The summed E-state index contributed by atoms with van der Waals surface area (Å²) >= 11 is 1.37. The third kappa shape index (κ3) is 6.04. The first-order valence-corrected chi connectivity index (χ1v) is 11.5. The number of hydrogen-bond donors (Lipinski definition) is 1. The van der Waals surface area contributed by atoms with Crippen LogP contribution in [0.4, 0.5) is 15.9 Å². The molecule has 0 aliphatic carbocycles. The third-order valence-corrected chi connectivity index (χ3v) is 6.22. The zero-order valence-electron chi connectivity index (χ0n) is 17.3. The third-order valence-electron chi connectivity index (χ3n) is 5.21. The molecule has 0 unspecified atom stereocenters. The molecule has 1 aromatic heterocycles. The molecule has 5 nitrogen and oxygen atoms in total. The lowest BCUT2D eigenvalue weighted by Crippen LogP contribution is -2.25. The number of halogens is 1. The number of amides is 1. The molecule has 0 atom stereocenters. The van der Waals surface area contributed by atoms with Crippen molar-refractivity contribution in [3.05, 3.63) is 66.5 Å². The lowest BCUT2D eigenvalue weighted by Gasteiger charge is -2.20. The second kappa shape index (κ2) is 10.4. The lowest BCUT2D eigenvalue weighted by atomic mass is 10.1. The maximum absolute atomic E-state index is 13.0. The first-order valence-electron chi connectivity index (χ1n) is 10.5. The number of carbonyl (C=O) groups excluding carboxylic acids is 1. The van der Waals surface area contributed by atoms with Gasteiger partial charge in [0.2, 0.25) is 5.91 Å². The molecule has 2 aromatic carbocycles. The summed E-state index contributed by atoms with van der Waals surface area (Å²) in [6, 6.07) is 17.7. The molecule has 31 heavy (non-hydrogen) atoms. The first-order chi connectivity index (χ1) is 15.2. The molecule has 1 saturated heterocycles. The minimum Gasteiger partial charge on any atom is -0.355 e. The van der Waals surface area contributed by atoms with Crippen molar-refractivity contribution in [1.29, 1.82) is 0 Å². The normalized spacial score (nSPS) is 14.2. The maximum Gasteiger partial charge on any atom is 0.234 e. The molecule has 3 aromatic rings. The van der Waals surface area contributed by atoms with Crippen LogP contribution in [0.5, 0.6) is 0 Å². The predicted molar refractivity (Wildman–Crippen MR) is 124 cm³/mol. The van der Waals surface area contributed by atoms with Crippen LogP contribution in [-0.4, -0.2) is 34.9 Å². The quantitative estimate of drug-likeness (QED) is 0.525. The second-order valence-corrected chi connectivity index (χ2v) is 8.60. The Bertz CT molecular complexity index is 1000. The number of nitrogens with one attached hydrogen (secondary N) is 1. The van der Waals surface area contributed by atoms with Gasteiger partial charge in [-0.05, 0) is 61.4 Å². The van der Waals surface area contributed by atoms with Crippen LogP contribution in [-0.2, 0) is 4.79 Å². The van der Waals surface area contributed by atoms with Gasteiger partial charge in [0.1, 0.15) is 5.82 Å². The fourth-order valence-electron chi connectivity index (χ4n) is 3.58. The highest BCUT2D eigenvalue weighted by atomic mass is 32.2. The van der Waals surface area contributed by atoms with E-state index in [2.05, 4.69) is 20.4 Å². The van der Waals surface area contributed by atoms with Gasteiger partial charge in [0.05, 0.1) is 11.4 Å². The summed E-state index contributed by atoms with van der Waals surface area (Å²) in [6.07, 6.45) is 4.96. The zero-order valence-corrected chi connectivity index (χ0v) is 18.1. The standard InChI is InChI=1S/C24H25FN4OS/c25-19-8-10-21(11-9-19)31-17-24(30)26-20-7-5-6-18(16-20)22-12-13-23(28-27-22)29-14-3-1-2-4-15-29/h5-13,16H,1-4,14-15,17H2,(H,26,30). The topological polar surface area (TPSA) is 58.1 Å². The van der Waals surface area contributed by atoms with Gasteiger partial charge in [0, 0.05) is 29.2 Å². The van der Waals surface area contributed by atoms with E-state index in [1.54, 1.807) is 12.1 Å². The van der Waals surface area contributed by atoms with Gasteiger partial charge in [-0.1, -0.05) is 25.0 Å². The monoisotopic (exact) mass is 436 g/mol. The maximum atomic E-state index is 13.0. The van der Waals surface area contributed by atoms with Gasteiger partial charge in [-0.2, -0.15) is 0 Å². The van der Waals surface area contributed by atoms with E-state index in [0.29, 0.717) is 5.69 Å². The average Bonchev–Trinajstić information content (AvgIpc) is 3.09. The minimum absolute atomic E-state index is 0.117. The van der Waals surface area contributed by atoms with Crippen molar-refractivity contribution in [2.45, 2.75) is 30.6 Å². The van der Waals surface area contributed by atoms with Crippen LogP contribution in [0.1, 0.15) is 25.7 Å². The number of benzene rings is 2. The van der Waals surface area contributed by atoms with E-state index in [1.165, 1.54) is 49.6 Å². The van der Waals surface area contributed by atoms with E-state index in [9.17, 15) is 9.18 Å². The van der Waals surface area contributed by atoms with Crippen LogP contribution in [0, 0.1) is 5.82 Å².